The summed E-state index contributed by atoms with van der Waals surface area (Å²) in [4.78, 5) is 11.1. The van der Waals surface area contributed by atoms with Crippen LogP contribution in [0.2, 0.25) is 19.6 Å². The van der Waals surface area contributed by atoms with E-state index in [-0.39, 0.29) is 0 Å². The first-order chi connectivity index (χ1) is 3.98. The molecule has 0 rings (SSSR count). The van der Waals surface area contributed by atoms with E-state index in [0.29, 0.717) is 11.8 Å². The van der Waals surface area contributed by atoms with Gasteiger partial charge in [-0.1, -0.05) is 25.7 Å². The van der Waals surface area contributed by atoms with E-state index < -0.39 is 8.07 Å². The lowest BCUT2D eigenvalue weighted by Gasteiger charge is -2.11. The highest BCUT2D eigenvalue weighted by atomic mass is 28.3. The largest absolute Gasteiger partial charge is 0.305 e. The number of carbonyl (C=O) groups excluding carboxylic acids is 1. The Morgan fingerprint density at radius 3 is 2.11 bits per heavy atom. The summed E-state index contributed by atoms with van der Waals surface area (Å²) in [6.45, 7) is 9.68. The van der Waals surface area contributed by atoms with Gasteiger partial charge < -0.3 is 4.79 Å². The molecule has 0 bridgehead atoms. The first-order valence-corrected chi connectivity index (χ1v) is 6.62. The van der Waals surface area contributed by atoms with E-state index in [9.17, 15) is 4.79 Å². The van der Waals surface area contributed by atoms with E-state index >= 15 is 0 Å². The maximum atomic E-state index is 11.1. The SMILES string of the molecule is C=CCC(=O)[Si](C)(C)C. The smallest absolute Gasteiger partial charge is 0.124 e. The summed E-state index contributed by atoms with van der Waals surface area (Å²) in [5.74, 6) is 0. The van der Waals surface area contributed by atoms with Crippen LogP contribution in [0.5, 0.6) is 0 Å². The fourth-order valence-corrected chi connectivity index (χ4v) is 1.19. The van der Waals surface area contributed by atoms with Crippen LogP contribution in [0, 0.1) is 0 Å². The number of rotatable bonds is 3. The number of carbonyl (C=O) groups is 1. The monoisotopic (exact) mass is 142 g/mol. The predicted molar refractivity (Wildman–Crippen MR) is 43.2 cm³/mol. The third-order valence-corrected chi connectivity index (χ3v) is 3.04. The van der Waals surface area contributed by atoms with E-state index in [4.69, 9.17) is 0 Å². The van der Waals surface area contributed by atoms with Gasteiger partial charge in [-0.05, 0) is 0 Å². The Kier molecular flexibility index (Phi) is 2.84. The van der Waals surface area contributed by atoms with Gasteiger partial charge in [-0.15, -0.1) is 6.58 Å². The van der Waals surface area contributed by atoms with Gasteiger partial charge in [0.15, 0.2) is 0 Å². The second-order valence-corrected chi connectivity index (χ2v) is 8.22. The summed E-state index contributed by atoms with van der Waals surface area (Å²) in [6, 6.07) is 0. The highest BCUT2D eigenvalue weighted by Crippen LogP contribution is 2.04. The Labute approximate surface area is 57.8 Å². The molecule has 1 nitrogen and oxygen atoms in total. The van der Waals surface area contributed by atoms with Crippen molar-refractivity contribution in [2.75, 3.05) is 0 Å². The summed E-state index contributed by atoms with van der Waals surface area (Å²) in [5, 5.41) is 0.387. The Morgan fingerprint density at radius 1 is 1.56 bits per heavy atom. The number of hydrogen-bond donors (Lipinski definition) is 0. The Balaban J connectivity index is 3.88. The van der Waals surface area contributed by atoms with Crippen molar-refractivity contribution < 1.29 is 4.79 Å². The summed E-state index contributed by atoms with van der Waals surface area (Å²) >= 11 is 0. The zero-order valence-corrected chi connectivity index (χ0v) is 7.40. The Hall–Kier alpha value is -0.373. The van der Waals surface area contributed by atoms with Crippen molar-refractivity contribution in [1.29, 1.82) is 0 Å². The summed E-state index contributed by atoms with van der Waals surface area (Å²) in [7, 11) is -1.49. The van der Waals surface area contributed by atoms with Crippen molar-refractivity contribution in [2.45, 2.75) is 26.1 Å². The van der Waals surface area contributed by atoms with Crippen molar-refractivity contribution in [3.05, 3.63) is 12.7 Å². The van der Waals surface area contributed by atoms with Gasteiger partial charge in [0.25, 0.3) is 0 Å². The van der Waals surface area contributed by atoms with Crippen molar-refractivity contribution in [3.63, 3.8) is 0 Å². The lowest BCUT2D eigenvalue weighted by molar-refractivity contribution is -0.111. The molecule has 0 atom stereocenters. The number of allylic oxidation sites excluding steroid dienone is 1. The van der Waals surface area contributed by atoms with Crippen molar-refractivity contribution in [1.82, 2.24) is 0 Å². The van der Waals surface area contributed by atoms with Crippen LogP contribution >= 0.6 is 0 Å². The van der Waals surface area contributed by atoms with E-state index in [1.54, 1.807) is 6.08 Å². The second-order valence-electron chi connectivity index (χ2n) is 3.17. The molecule has 0 N–H and O–H groups in total. The first kappa shape index (κ1) is 8.63. The minimum atomic E-state index is -1.49. The molecule has 0 saturated carbocycles. The van der Waals surface area contributed by atoms with Crippen LogP contribution < -0.4 is 0 Å². The lowest BCUT2D eigenvalue weighted by Crippen LogP contribution is -2.32. The molecule has 0 aliphatic heterocycles. The zero-order chi connectivity index (χ0) is 7.49. The molecule has 0 aliphatic rings. The molecule has 0 heterocycles. The molecule has 0 amide bonds. The maximum absolute atomic E-state index is 11.1. The Bertz CT molecular complexity index is 121. The lowest BCUT2D eigenvalue weighted by atomic mass is 10.5. The minimum Gasteiger partial charge on any atom is -0.305 e. The van der Waals surface area contributed by atoms with E-state index in [2.05, 4.69) is 26.2 Å². The van der Waals surface area contributed by atoms with Crippen molar-refractivity contribution in [3.8, 4) is 0 Å². The first-order valence-electron chi connectivity index (χ1n) is 3.12. The van der Waals surface area contributed by atoms with Crippen LogP contribution in [0.25, 0.3) is 0 Å². The summed E-state index contributed by atoms with van der Waals surface area (Å²) < 4.78 is 0. The molecule has 9 heavy (non-hydrogen) atoms. The fraction of sp³-hybridized carbons (Fsp3) is 0.571. The van der Waals surface area contributed by atoms with Gasteiger partial charge in [-0.25, -0.2) is 0 Å². The van der Waals surface area contributed by atoms with Gasteiger partial charge >= 0.3 is 0 Å². The number of hydrogen-bond acceptors (Lipinski definition) is 1. The summed E-state index contributed by atoms with van der Waals surface area (Å²) in [6.07, 6.45) is 2.23. The van der Waals surface area contributed by atoms with E-state index in [1.165, 1.54) is 0 Å². The van der Waals surface area contributed by atoms with Crippen LogP contribution in [-0.2, 0) is 4.79 Å². The average molecular weight is 142 g/mol. The van der Waals surface area contributed by atoms with Crippen molar-refractivity contribution in [2.24, 2.45) is 0 Å². The molecule has 0 aromatic carbocycles. The van der Waals surface area contributed by atoms with Crippen LogP contribution in [0.1, 0.15) is 6.42 Å². The van der Waals surface area contributed by atoms with Crippen LogP contribution in [0.15, 0.2) is 12.7 Å². The highest BCUT2D eigenvalue weighted by molar-refractivity contribution is 7.03. The molecule has 0 aliphatic carbocycles. The average Bonchev–Trinajstić information content (AvgIpc) is 1.64. The van der Waals surface area contributed by atoms with Gasteiger partial charge in [0.1, 0.15) is 13.5 Å². The van der Waals surface area contributed by atoms with Gasteiger partial charge in [0, 0.05) is 6.42 Å². The standard InChI is InChI=1S/C7H14OSi/c1-5-6-7(8)9(2,3)4/h5H,1,6H2,2-4H3. The molecule has 0 spiro atoms. The molecular weight excluding hydrogens is 128 g/mol. The predicted octanol–water partition coefficient (Wildman–Crippen LogP) is 2.01. The van der Waals surface area contributed by atoms with Crippen LogP contribution in [-0.4, -0.2) is 13.5 Å². The molecule has 2 heteroatoms. The van der Waals surface area contributed by atoms with Crippen LogP contribution in [0.3, 0.4) is 0 Å². The topological polar surface area (TPSA) is 17.1 Å². The second kappa shape index (κ2) is 2.97. The molecule has 0 unspecified atom stereocenters. The zero-order valence-electron chi connectivity index (χ0n) is 6.40. The maximum Gasteiger partial charge on any atom is 0.124 e. The van der Waals surface area contributed by atoms with Gasteiger partial charge in [0.05, 0.1) is 0 Å². The van der Waals surface area contributed by atoms with E-state index in [1.807, 2.05) is 0 Å². The minimum absolute atomic E-state index is 0.387. The highest BCUT2D eigenvalue weighted by Gasteiger charge is 2.21. The fourth-order valence-electron chi connectivity index (χ4n) is 0.437. The quantitative estimate of drug-likeness (QED) is 0.435. The van der Waals surface area contributed by atoms with Crippen molar-refractivity contribution >= 4 is 13.5 Å². The third kappa shape index (κ3) is 3.24. The van der Waals surface area contributed by atoms with Gasteiger partial charge in [-0.3, -0.25) is 0 Å². The molecule has 0 aromatic heterocycles. The molecule has 0 radical (unpaired) electrons. The molecular formula is C7H14OSi. The van der Waals surface area contributed by atoms with Gasteiger partial charge in [-0.2, -0.15) is 0 Å². The van der Waals surface area contributed by atoms with Crippen LogP contribution in [0.4, 0.5) is 0 Å². The molecule has 0 aromatic rings. The normalized spacial score (nSPS) is 11.0. The Morgan fingerprint density at radius 2 is 2.00 bits per heavy atom. The van der Waals surface area contributed by atoms with Gasteiger partial charge in [0.2, 0.25) is 0 Å². The molecule has 52 valence electrons. The third-order valence-electron chi connectivity index (χ3n) is 1.17. The summed E-state index contributed by atoms with van der Waals surface area (Å²) in [5.41, 5.74) is 0. The molecule has 0 saturated heterocycles. The molecule has 0 fully saturated rings. The van der Waals surface area contributed by atoms with E-state index in [0.717, 1.165) is 0 Å².